The number of Topliss-reactive ketones (excluding diaryl/α,β-unsaturated/α-hetero) is 1. The highest BCUT2D eigenvalue weighted by Crippen LogP contribution is 2.33. The van der Waals surface area contributed by atoms with Crippen LogP contribution < -0.4 is 10.1 Å². The Morgan fingerprint density at radius 3 is 2.86 bits per heavy atom. The van der Waals surface area contributed by atoms with Crippen LogP contribution in [0.25, 0.3) is 10.2 Å². The molecule has 0 saturated heterocycles. The van der Waals surface area contributed by atoms with Crippen molar-refractivity contribution in [2.75, 3.05) is 11.9 Å². The second kappa shape index (κ2) is 7.50. The van der Waals surface area contributed by atoms with E-state index in [1.54, 1.807) is 6.20 Å². The zero-order valence-electron chi connectivity index (χ0n) is 15.8. The van der Waals surface area contributed by atoms with Crippen LogP contribution in [0.15, 0.2) is 42.1 Å². The highest BCUT2D eigenvalue weighted by Gasteiger charge is 2.33. The molecule has 0 spiro atoms. The smallest absolute Gasteiger partial charge is 0.232 e. The fourth-order valence-corrected chi connectivity index (χ4v) is 4.27. The molecule has 0 saturated carbocycles. The average Bonchev–Trinajstić information content (AvgIpc) is 3.03. The summed E-state index contributed by atoms with van der Waals surface area (Å²) in [4.78, 5) is 16.3. The van der Waals surface area contributed by atoms with Crippen LogP contribution in [-0.4, -0.2) is 23.7 Å². The number of ketones is 1. The number of carbonyl (C=O) groups excluding carboxylic acids is 1. The maximum Gasteiger partial charge on any atom is 0.232 e. The molecule has 7 heteroatoms. The SMILES string of the molecule is CCOC1Oc2cc(C)c(C)cc2C(=O)/C1=C/Nc1ccc2[nH]c(=S)sc2c1. The van der Waals surface area contributed by atoms with Crippen LogP contribution in [0.5, 0.6) is 5.75 Å². The van der Waals surface area contributed by atoms with Gasteiger partial charge in [-0.3, -0.25) is 4.79 Å². The molecule has 0 amide bonds. The second-order valence-corrected chi connectivity index (χ2v) is 8.36. The van der Waals surface area contributed by atoms with Crippen LogP contribution >= 0.6 is 23.6 Å². The minimum absolute atomic E-state index is 0.0892. The Balaban J connectivity index is 1.69. The second-order valence-electron chi connectivity index (χ2n) is 6.64. The molecular weight excluding hydrogens is 392 g/mol. The minimum atomic E-state index is -0.738. The van der Waals surface area contributed by atoms with Crippen molar-refractivity contribution in [2.24, 2.45) is 0 Å². The number of thiazole rings is 1. The molecule has 1 aromatic heterocycles. The Kier molecular flexibility index (Phi) is 5.05. The topological polar surface area (TPSA) is 63.4 Å². The van der Waals surface area contributed by atoms with E-state index in [9.17, 15) is 4.79 Å². The van der Waals surface area contributed by atoms with Crippen molar-refractivity contribution < 1.29 is 14.3 Å². The summed E-state index contributed by atoms with van der Waals surface area (Å²) in [5, 5.41) is 3.21. The maximum atomic E-state index is 13.1. The summed E-state index contributed by atoms with van der Waals surface area (Å²) in [7, 11) is 0. The first-order chi connectivity index (χ1) is 13.5. The van der Waals surface area contributed by atoms with Crippen molar-refractivity contribution in [3.8, 4) is 5.75 Å². The summed E-state index contributed by atoms with van der Waals surface area (Å²) in [5.74, 6) is 0.478. The number of anilines is 1. The lowest BCUT2D eigenvalue weighted by molar-refractivity contribution is -0.0509. The number of ether oxygens (including phenoxy) is 2. The summed E-state index contributed by atoms with van der Waals surface area (Å²) < 4.78 is 13.5. The molecule has 0 radical (unpaired) electrons. The lowest BCUT2D eigenvalue weighted by Crippen LogP contribution is -2.33. The normalized spacial score (nSPS) is 17.6. The maximum absolute atomic E-state index is 13.1. The van der Waals surface area contributed by atoms with Crippen molar-refractivity contribution >= 4 is 45.2 Å². The third-order valence-corrected chi connectivity index (χ3v) is 5.92. The van der Waals surface area contributed by atoms with E-state index in [-0.39, 0.29) is 5.78 Å². The van der Waals surface area contributed by atoms with Gasteiger partial charge >= 0.3 is 0 Å². The van der Waals surface area contributed by atoms with Gasteiger partial charge in [-0.1, -0.05) is 0 Å². The number of hydrogen-bond acceptors (Lipinski definition) is 6. The summed E-state index contributed by atoms with van der Waals surface area (Å²) in [5.41, 5.74) is 4.99. The lowest BCUT2D eigenvalue weighted by atomic mass is 9.96. The van der Waals surface area contributed by atoms with Crippen LogP contribution in [0.3, 0.4) is 0 Å². The Labute approximate surface area is 172 Å². The van der Waals surface area contributed by atoms with E-state index in [0.717, 1.165) is 31.0 Å². The molecule has 144 valence electrons. The first-order valence-corrected chi connectivity index (χ1v) is 10.2. The fourth-order valence-electron chi connectivity index (χ4n) is 3.11. The zero-order chi connectivity index (χ0) is 19.8. The van der Waals surface area contributed by atoms with Gasteiger partial charge in [0.1, 0.15) is 5.75 Å². The molecule has 2 aromatic carbocycles. The third kappa shape index (κ3) is 3.48. The van der Waals surface area contributed by atoms with Crippen LogP contribution in [0.1, 0.15) is 28.4 Å². The number of aryl methyl sites for hydroxylation is 2. The Morgan fingerprint density at radius 2 is 2.07 bits per heavy atom. The van der Waals surface area contributed by atoms with Crippen molar-refractivity contribution in [2.45, 2.75) is 27.1 Å². The van der Waals surface area contributed by atoms with Crippen molar-refractivity contribution in [3.05, 3.63) is 62.7 Å². The lowest BCUT2D eigenvalue weighted by Gasteiger charge is -2.28. The number of rotatable bonds is 4. The van der Waals surface area contributed by atoms with E-state index in [2.05, 4.69) is 10.3 Å². The molecule has 0 bridgehead atoms. The molecule has 1 unspecified atom stereocenters. The Morgan fingerprint density at radius 1 is 1.29 bits per heavy atom. The molecule has 1 aliphatic heterocycles. The molecule has 1 atom stereocenters. The number of aromatic nitrogens is 1. The summed E-state index contributed by atoms with van der Waals surface area (Å²) in [6.45, 7) is 6.30. The number of fused-ring (bicyclic) bond motifs is 2. The monoisotopic (exact) mass is 412 g/mol. The first kappa shape index (κ1) is 18.9. The predicted octanol–water partition coefficient (Wildman–Crippen LogP) is 5.51. The molecule has 4 rings (SSSR count). The van der Waals surface area contributed by atoms with Crippen molar-refractivity contribution in [1.82, 2.24) is 4.98 Å². The van der Waals surface area contributed by atoms with Crippen LogP contribution in [0, 0.1) is 17.8 Å². The van der Waals surface area contributed by atoms with Crippen molar-refractivity contribution in [3.63, 3.8) is 0 Å². The van der Waals surface area contributed by atoms with Gasteiger partial charge in [-0.2, -0.15) is 0 Å². The number of carbonyl (C=O) groups is 1. The van der Waals surface area contributed by atoms with E-state index in [4.69, 9.17) is 21.7 Å². The van der Waals surface area contributed by atoms with Crippen LogP contribution in [-0.2, 0) is 4.74 Å². The van der Waals surface area contributed by atoms with Crippen molar-refractivity contribution in [1.29, 1.82) is 0 Å². The van der Waals surface area contributed by atoms with Gasteiger partial charge in [0.25, 0.3) is 0 Å². The van der Waals surface area contributed by atoms with Gasteiger partial charge in [0.15, 0.2) is 9.74 Å². The highest BCUT2D eigenvalue weighted by atomic mass is 32.1. The molecule has 1 aliphatic rings. The fraction of sp³-hybridized carbons (Fsp3) is 0.238. The Hall–Kier alpha value is -2.48. The quantitative estimate of drug-likeness (QED) is 0.437. The predicted molar refractivity (Wildman–Crippen MR) is 115 cm³/mol. The Bertz CT molecular complexity index is 1160. The minimum Gasteiger partial charge on any atom is -0.460 e. The molecule has 5 nitrogen and oxygen atoms in total. The third-order valence-electron chi connectivity index (χ3n) is 4.72. The first-order valence-electron chi connectivity index (χ1n) is 9.00. The summed E-state index contributed by atoms with van der Waals surface area (Å²) in [6, 6.07) is 9.66. The average molecular weight is 413 g/mol. The number of aromatic amines is 1. The molecule has 28 heavy (non-hydrogen) atoms. The summed E-state index contributed by atoms with van der Waals surface area (Å²) in [6.07, 6.45) is 0.936. The van der Waals surface area contributed by atoms with Gasteiger partial charge in [0, 0.05) is 18.5 Å². The van der Waals surface area contributed by atoms with Gasteiger partial charge in [0.05, 0.1) is 21.4 Å². The van der Waals surface area contributed by atoms with Gasteiger partial charge in [-0.15, -0.1) is 11.3 Å². The van der Waals surface area contributed by atoms with E-state index >= 15 is 0 Å². The van der Waals surface area contributed by atoms with Crippen LogP contribution in [0.2, 0.25) is 0 Å². The molecule has 0 aliphatic carbocycles. The standard InChI is InChI=1S/C21H20N2O3S2/c1-4-25-20-15(19(24)14-7-11(2)12(3)8-17(14)26-20)10-22-13-5-6-16-18(9-13)28-21(27)23-16/h5-10,20,22H,4H2,1-3H3,(H,23,27)/b15-10-. The van der Waals surface area contributed by atoms with E-state index < -0.39 is 6.29 Å². The molecule has 0 fully saturated rings. The molecule has 2 N–H and O–H groups in total. The number of H-pyrrole nitrogens is 1. The van der Waals surface area contributed by atoms with Gasteiger partial charge in [0.2, 0.25) is 6.29 Å². The van der Waals surface area contributed by atoms with E-state index in [1.807, 2.05) is 51.1 Å². The van der Waals surface area contributed by atoms with Gasteiger partial charge < -0.3 is 19.8 Å². The highest BCUT2D eigenvalue weighted by molar-refractivity contribution is 7.73. The van der Waals surface area contributed by atoms with Crippen LogP contribution in [0.4, 0.5) is 5.69 Å². The van der Waals surface area contributed by atoms with Gasteiger partial charge in [-0.05, 0) is 74.4 Å². The van der Waals surface area contributed by atoms with Gasteiger partial charge in [-0.25, -0.2) is 0 Å². The van der Waals surface area contributed by atoms with E-state index in [1.165, 1.54) is 11.3 Å². The summed E-state index contributed by atoms with van der Waals surface area (Å²) >= 11 is 6.71. The number of nitrogens with one attached hydrogen (secondary N) is 2. The molecule has 2 heterocycles. The zero-order valence-corrected chi connectivity index (χ0v) is 17.4. The molecular formula is C21H20N2O3S2. The number of benzene rings is 2. The number of hydrogen-bond donors (Lipinski definition) is 2. The molecule has 3 aromatic rings. The van der Waals surface area contributed by atoms with E-state index in [0.29, 0.717) is 23.5 Å². The largest absolute Gasteiger partial charge is 0.460 e.